The van der Waals surface area contributed by atoms with Gasteiger partial charge in [0.05, 0.1) is 18.4 Å². The molecular weight excluding hydrogens is 302 g/mol. The van der Waals surface area contributed by atoms with Gasteiger partial charge < -0.3 is 15.1 Å². The molecule has 0 aliphatic heterocycles. The first-order valence-corrected chi connectivity index (χ1v) is 7.89. The Bertz CT molecular complexity index is 665. The molecule has 0 radical (unpaired) electrons. The van der Waals surface area contributed by atoms with Crippen molar-refractivity contribution >= 4 is 11.7 Å². The zero-order chi connectivity index (χ0) is 17.7. The van der Waals surface area contributed by atoms with Crippen molar-refractivity contribution in [3.63, 3.8) is 0 Å². The standard InChI is InChI=1S/C18H25N5O/c1-13-6-8-14(9-7-13)16(22(2)3)11-21-18(24)15-10-20-17(12-19-15)23(4)5/h6-10,12,16H,11H2,1-5H3,(H,21,24). The van der Waals surface area contributed by atoms with E-state index in [1.54, 1.807) is 6.20 Å². The Labute approximate surface area is 143 Å². The minimum Gasteiger partial charge on any atom is -0.361 e. The molecule has 1 amide bonds. The summed E-state index contributed by atoms with van der Waals surface area (Å²) in [5.74, 6) is 0.504. The molecule has 24 heavy (non-hydrogen) atoms. The van der Waals surface area contributed by atoms with Crippen LogP contribution in [0.2, 0.25) is 0 Å². The normalized spacial score (nSPS) is 12.1. The monoisotopic (exact) mass is 327 g/mol. The first-order chi connectivity index (χ1) is 11.4. The van der Waals surface area contributed by atoms with Gasteiger partial charge in [0.15, 0.2) is 0 Å². The first-order valence-electron chi connectivity index (χ1n) is 7.89. The molecule has 1 atom stereocenters. The maximum absolute atomic E-state index is 12.3. The summed E-state index contributed by atoms with van der Waals surface area (Å²) in [6, 6.07) is 8.46. The number of aryl methyl sites for hydroxylation is 1. The molecule has 1 heterocycles. The molecule has 6 nitrogen and oxygen atoms in total. The highest BCUT2D eigenvalue weighted by Crippen LogP contribution is 2.18. The molecule has 0 fully saturated rings. The largest absolute Gasteiger partial charge is 0.361 e. The van der Waals surface area contributed by atoms with Crippen molar-refractivity contribution in [1.82, 2.24) is 20.2 Å². The smallest absolute Gasteiger partial charge is 0.271 e. The zero-order valence-corrected chi connectivity index (χ0v) is 14.9. The van der Waals surface area contributed by atoms with E-state index in [1.165, 1.54) is 17.3 Å². The first kappa shape index (κ1) is 17.9. The Hall–Kier alpha value is -2.47. The van der Waals surface area contributed by atoms with Crippen LogP contribution in [-0.2, 0) is 0 Å². The predicted octanol–water partition coefficient (Wildman–Crippen LogP) is 1.88. The lowest BCUT2D eigenvalue weighted by Gasteiger charge is -2.25. The fourth-order valence-corrected chi connectivity index (χ4v) is 2.34. The molecule has 0 spiro atoms. The molecule has 0 saturated carbocycles. The molecule has 128 valence electrons. The lowest BCUT2D eigenvalue weighted by molar-refractivity contribution is 0.0936. The van der Waals surface area contributed by atoms with Crippen LogP contribution in [0.4, 0.5) is 5.82 Å². The number of hydrogen-bond donors (Lipinski definition) is 1. The second-order valence-electron chi connectivity index (χ2n) is 6.25. The van der Waals surface area contributed by atoms with Crippen molar-refractivity contribution in [2.45, 2.75) is 13.0 Å². The van der Waals surface area contributed by atoms with Crippen LogP contribution < -0.4 is 10.2 Å². The van der Waals surface area contributed by atoms with Gasteiger partial charge in [-0.05, 0) is 26.6 Å². The Morgan fingerprint density at radius 1 is 1.08 bits per heavy atom. The number of carbonyl (C=O) groups is 1. The molecule has 2 aromatic rings. The van der Waals surface area contributed by atoms with Gasteiger partial charge in [0.25, 0.3) is 5.91 Å². The fourth-order valence-electron chi connectivity index (χ4n) is 2.34. The number of rotatable bonds is 6. The van der Waals surface area contributed by atoms with E-state index < -0.39 is 0 Å². The Kier molecular flexibility index (Phi) is 5.87. The van der Waals surface area contributed by atoms with Gasteiger partial charge in [-0.1, -0.05) is 29.8 Å². The molecule has 0 aliphatic carbocycles. The highest BCUT2D eigenvalue weighted by atomic mass is 16.1. The minimum absolute atomic E-state index is 0.101. The quantitative estimate of drug-likeness (QED) is 0.878. The van der Waals surface area contributed by atoms with Crippen LogP contribution in [0.15, 0.2) is 36.7 Å². The molecule has 0 aliphatic rings. The summed E-state index contributed by atoms with van der Waals surface area (Å²) in [5, 5.41) is 2.95. The van der Waals surface area contributed by atoms with Gasteiger partial charge in [-0.25, -0.2) is 9.97 Å². The van der Waals surface area contributed by atoms with Crippen LogP contribution in [0.5, 0.6) is 0 Å². The van der Waals surface area contributed by atoms with E-state index in [4.69, 9.17) is 0 Å². The van der Waals surface area contributed by atoms with Crippen LogP contribution in [-0.4, -0.2) is 55.5 Å². The Morgan fingerprint density at radius 2 is 1.75 bits per heavy atom. The number of anilines is 1. The Morgan fingerprint density at radius 3 is 2.25 bits per heavy atom. The maximum Gasteiger partial charge on any atom is 0.271 e. The summed E-state index contributed by atoms with van der Waals surface area (Å²) < 4.78 is 0. The molecule has 2 rings (SSSR count). The van der Waals surface area contributed by atoms with E-state index in [0.29, 0.717) is 12.2 Å². The third-order valence-electron chi connectivity index (χ3n) is 3.87. The van der Waals surface area contributed by atoms with Gasteiger partial charge in [-0.2, -0.15) is 0 Å². The number of amides is 1. The van der Waals surface area contributed by atoms with Crippen LogP contribution in [0.3, 0.4) is 0 Å². The number of carbonyl (C=O) groups excluding carboxylic acids is 1. The second kappa shape index (κ2) is 7.88. The number of aromatic nitrogens is 2. The van der Waals surface area contributed by atoms with Gasteiger partial charge in [0, 0.05) is 20.6 Å². The van der Waals surface area contributed by atoms with Gasteiger partial charge in [0.1, 0.15) is 11.5 Å². The fraction of sp³-hybridized carbons (Fsp3) is 0.389. The van der Waals surface area contributed by atoms with Crippen molar-refractivity contribution < 1.29 is 4.79 Å². The highest BCUT2D eigenvalue weighted by molar-refractivity contribution is 5.92. The predicted molar refractivity (Wildman–Crippen MR) is 96.3 cm³/mol. The summed E-state index contributed by atoms with van der Waals surface area (Å²) in [4.78, 5) is 24.6. The lowest BCUT2D eigenvalue weighted by Crippen LogP contribution is -2.35. The van der Waals surface area contributed by atoms with Crippen molar-refractivity contribution in [2.75, 3.05) is 39.6 Å². The number of likely N-dealkylation sites (N-methyl/N-ethyl adjacent to an activating group) is 1. The summed E-state index contributed by atoms with van der Waals surface area (Å²) in [6.45, 7) is 2.57. The van der Waals surface area contributed by atoms with E-state index in [2.05, 4.69) is 51.4 Å². The average molecular weight is 327 g/mol. The van der Waals surface area contributed by atoms with Gasteiger partial charge >= 0.3 is 0 Å². The number of nitrogens with zero attached hydrogens (tertiary/aromatic N) is 4. The van der Waals surface area contributed by atoms with Crippen molar-refractivity contribution in [2.24, 2.45) is 0 Å². The average Bonchev–Trinajstić information content (AvgIpc) is 2.56. The van der Waals surface area contributed by atoms with Crippen molar-refractivity contribution in [3.8, 4) is 0 Å². The van der Waals surface area contributed by atoms with Crippen LogP contribution in [0.25, 0.3) is 0 Å². The van der Waals surface area contributed by atoms with Crippen molar-refractivity contribution in [1.29, 1.82) is 0 Å². The van der Waals surface area contributed by atoms with E-state index in [0.717, 1.165) is 5.82 Å². The highest BCUT2D eigenvalue weighted by Gasteiger charge is 2.16. The summed E-state index contributed by atoms with van der Waals surface area (Å²) >= 11 is 0. The second-order valence-corrected chi connectivity index (χ2v) is 6.25. The SMILES string of the molecule is Cc1ccc(C(CNC(=O)c2cnc(N(C)C)cn2)N(C)C)cc1. The summed E-state index contributed by atoms with van der Waals surface area (Å²) in [6.07, 6.45) is 3.10. The third-order valence-corrected chi connectivity index (χ3v) is 3.87. The Balaban J connectivity index is 2.03. The number of benzene rings is 1. The minimum atomic E-state index is -0.216. The van der Waals surface area contributed by atoms with Crippen LogP contribution in [0.1, 0.15) is 27.7 Å². The molecule has 1 aromatic heterocycles. The van der Waals surface area contributed by atoms with Crippen molar-refractivity contribution in [3.05, 3.63) is 53.5 Å². The van der Waals surface area contributed by atoms with Gasteiger partial charge in [0.2, 0.25) is 0 Å². The van der Waals surface area contributed by atoms with E-state index in [-0.39, 0.29) is 11.9 Å². The zero-order valence-electron chi connectivity index (χ0n) is 14.9. The van der Waals surface area contributed by atoms with Crippen LogP contribution >= 0.6 is 0 Å². The molecular formula is C18H25N5O. The van der Waals surface area contributed by atoms with Gasteiger partial charge in [-0.15, -0.1) is 0 Å². The third kappa shape index (κ3) is 4.52. The topological polar surface area (TPSA) is 61.4 Å². The molecule has 0 saturated heterocycles. The lowest BCUT2D eigenvalue weighted by atomic mass is 10.0. The van der Waals surface area contributed by atoms with E-state index in [1.807, 2.05) is 33.1 Å². The molecule has 1 unspecified atom stereocenters. The molecule has 6 heteroatoms. The number of nitrogens with one attached hydrogen (secondary N) is 1. The molecule has 0 bridgehead atoms. The number of hydrogen-bond acceptors (Lipinski definition) is 5. The van der Waals surface area contributed by atoms with Crippen LogP contribution in [0, 0.1) is 6.92 Å². The molecule has 1 N–H and O–H groups in total. The van der Waals surface area contributed by atoms with Gasteiger partial charge in [-0.3, -0.25) is 4.79 Å². The maximum atomic E-state index is 12.3. The van der Waals surface area contributed by atoms with E-state index >= 15 is 0 Å². The molecule has 1 aromatic carbocycles. The summed E-state index contributed by atoms with van der Waals surface area (Å²) in [5.41, 5.74) is 2.71. The summed E-state index contributed by atoms with van der Waals surface area (Å²) in [7, 11) is 7.77. The van der Waals surface area contributed by atoms with E-state index in [9.17, 15) is 4.79 Å².